The van der Waals surface area contributed by atoms with Crippen molar-refractivity contribution in [2.24, 2.45) is 17.6 Å². The molecule has 0 aromatic carbocycles. The fourth-order valence-corrected chi connectivity index (χ4v) is 6.15. The first kappa shape index (κ1) is 24.5. The van der Waals surface area contributed by atoms with Crippen LogP contribution in [-0.4, -0.2) is 100 Å². The summed E-state index contributed by atoms with van der Waals surface area (Å²) in [7, 11) is 3.39. The normalized spacial score (nSPS) is 31.1. The molecule has 12 heteroatoms. The van der Waals surface area contributed by atoms with Crippen LogP contribution in [0.25, 0.3) is 0 Å². The van der Waals surface area contributed by atoms with E-state index < -0.39 is 36.5 Å². The Morgan fingerprint density at radius 3 is 2.59 bits per heavy atom. The highest BCUT2D eigenvalue weighted by Crippen LogP contribution is 2.51. The molecule has 3 amide bonds. The predicted molar refractivity (Wildman–Crippen MR) is 117 cm³/mol. The minimum Gasteiger partial charge on any atom is -0.477 e. The van der Waals surface area contributed by atoms with Crippen molar-refractivity contribution >= 4 is 35.5 Å². The topological polar surface area (TPSA) is 165 Å². The average Bonchev–Trinajstić information content (AvgIpc) is 3.28. The maximum absolute atomic E-state index is 12.9. The van der Waals surface area contributed by atoms with Crippen LogP contribution in [0.4, 0.5) is 0 Å². The SMILES string of the molecule is CC(NC(=O)C(N)CO)[C@H]1C(=O)N2C(C(=O)O)=C(S[C@@H]3CN[C@H](C(=O)N(C)C)C3)[C@H](C)[C@H]12. The van der Waals surface area contributed by atoms with E-state index in [1.807, 2.05) is 6.92 Å². The van der Waals surface area contributed by atoms with E-state index in [1.165, 1.54) is 21.6 Å². The summed E-state index contributed by atoms with van der Waals surface area (Å²) in [5, 5.41) is 24.8. The van der Waals surface area contributed by atoms with Crippen molar-refractivity contribution in [2.45, 2.75) is 49.7 Å². The van der Waals surface area contributed by atoms with Gasteiger partial charge in [-0.1, -0.05) is 6.92 Å². The first-order valence-corrected chi connectivity index (χ1v) is 11.5. The second-order valence-electron chi connectivity index (χ2n) is 8.79. The number of thioether (sulfide) groups is 1. The molecule has 3 aliphatic heterocycles. The number of hydrogen-bond donors (Lipinski definition) is 5. The Hall–Kier alpha value is -2.15. The molecule has 0 aromatic rings. The number of amides is 3. The smallest absolute Gasteiger partial charge is 0.353 e. The van der Waals surface area contributed by atoms with Crippen molar-refractivity contribution in [3.05, 3.63) is 10.6 Å². The highest BCUT2D eigenvalue weighted by Gasteiger charge is 2.60. The molecule has 0 saturated carbocycles. The molecule has 178 valence electrons. The minimum absolute atomic E-state index is 0.00244. The lowest BCUT2D eigenvalue weighted by molar-refractivity contribution is -0.158. The van der Waals surface area contributed by atoms with Gasteiger partial charge in [0.25, 0.3) is 0 Å². The number of carboxylic acid groups (broad SMARTS) is 1. The molecule has 3 aliphatic rings. The van der Waals surface area contributed by atoms with Crippen LogP contribution in [0.2, 0.25) is 0 Å². The van der Waals surface area contributed by atoms with E-state index in [9.17, 15) is 24.3 Å². The Morgan fingerprint density at radius 1 is 1.38 bits per heavy atom. The first-order valence-electron chi connectivity index (χ1n) is 10.6. The number of fused-ring (bicyclic) bond motifs is 1. The summed E-state index contributed by atoms with van der Waals surface area (Å²) in [6, 6.07) is -2.35. The van der Waals surface area contributed by atoms with E-state index in [2.05, 4.69) is 10.6 Å². The van der Waals surface area contributed by atoms with E-state index in [-0.39, 0.29) is 40.8 Å². The lowest BCUT2D eigenvalue weighted by atomic mass is 9.78. The van der Waals surface area contributed by atoms with Crippen molar-refractivity contribution in [3.63, 3.8) is 0 Å². The van der Waals surface area contributed by atoms with Gasteiger partial charge in [-0.05, 0) is 13.3 Å². The molecule has 3 heterocycles. The summed E-state index contributed by atoms with van der Waals surface area (Å²) in [6.45, 7) is 3.61. The summed E-state index contributed by atoms with van der Waals surface area (Å²) in [4.78, 5) is 52.7. The Kier molecular flexibility index (Phi) is 7.18. The average molecular weight is 470 g/mol. The van der Waals surface area contributed by atoms with Crippen molar-refractivity contribution in [2.75, 3.05) is 27.2 Å². The van der Waals surface area contributed by atoms with E-state index in [0.29, 0.717) is 17.9 Å². The fourth-order valence-electron chi connectivity index (χ4n) is 4.67. The largest absolute Gasteiger partial charge is 0.477 e. The number of β-lactam (4-membered cyclic amide) rings is 1. The highest BCUT2D eigenvalue weighted by molar-refractivity contribution is 8.03. The van der Waals surface area contributed by atoms with Crippen LogP contribution in [0, 0.1) is 11.8 Å². The van der Waals surface area contributed by atoms with Gasteiger partial charge in [-0.15, -0.1) is 11.8 Å². The zero-order chi connectivity index (χ0) is 23.9. The van der Waals surface area contributed by atoms with Gasteiger partial charge in [-0.3, -0.25) is 14.4 Å². The third-order valence-corrected chi connectivity index (χ3v) is 7.87. The van der Waals surface area contributed by atoms with E-state index >= 15 is 0 Å². The lowest BCUT2D eigenvalue weighted by Crippen LogP contribution is -2.66. The molecule has 2 saturated heterocycles. The van der Waals surface area contributed by atoms with Crippen LogP contribution < -0.4 is 16.4 Å². The van der Waals surface area contributed by atoms with Gasteiger partial charge in [-0.25, -0.2) is 4.79 Å². The van der Waals surface area contributed by atoms with Gasteiger partial charge in [0.15, 0.2) is 0 Å². The van der Waals surface area contributed by atoms with Gasteiger partial charge in [0, 0.05) is 42.8 Å². The molecule has 0 aliphatic carbocycles. The molecule has 0 radical (unpaired) electrons. The van der Waals surface area contributed by atoms with Crippen molar-refractivity contribution in [1.29, 1.82) is 0 Å². The summed E-state index contributed by atoms with van der Waals surface area (Å²) >= 11 is 1.41. The second kappa shape index (κ2) is 9.38. The number of likely N-dealkylation sites (N-methyl/N-ethyl adjacent to an activating group) is 1. The van der Waals surface area contributed by atoms with Crippen molar-refractivity contribution in [3.8, 4) is 0 Å². The van der Waals surface area contributed by atoms with Gasteiger partial charge < -0.3 is 36.4 Å². The molecule has 7 atom stereocenters. The molecule has 11 nitrogen and oxygen atoms in total. The molecule has 0 aromatic heterocycles. The van der Waals surface area contributed by atoms with E-state index in [0.717, 1.165) is 0 Å². The predicted octanol–water partition coefficient (Wildman–Crippen LogP) is -1.86. The van der Waals surface area contributed by atoms with Crippen molar-refractivity contribution in [1.82, 2.24) is 20.4 Å². The summed E-state index contributed by atoms with van der Waals surface area (Å²) in [5.74, 6) is -2.93. The Balaban J connectivity index is 1.74. The zero-order valence-corrected chi connectivity index (χ0v) is 19.4. The Morgan fingerprint density at radius 2 is 2.03 bits per heavy atom. The quantitative estimate of drug-likeness (QED) is 0.256. The molecule has 0 bridgehead atoms. The first-order chi connectivity index (χ1) is 15.0. The molecular formula is C20H31N5O6S. The number of aliphatic hydroxyl groups excluding tert-OH is 1. The number of nitrogens with two attached hydrogens (primary N) is 1. The second-order valence-corrected chi connectivity index (χ2v) is 10.1. The Labute approximate surface area is 190 Å². The summed E-state index contributed by atoms with van der Waals surface area (Å²) in [6.07, 6.45) is 0.568. The number of carboxylic acids is 1. The fraction of sp³-hybridized carbons (Fsp3) is 0.700. The van der Waals surface area contributed by atoms with Gasteiger partial charge >= 0.3 is 5.97 Å². The van der Waals surface area contributed by atoms with Crippen LogP contribution in [0.1, 0.15) is 20.3 Å². The number of nitrogens with zero attached hydrogens (tertiary/aromatic N) is 2. The number of aliphatic carboxylic acids is 1. The number of carbonyl (C=O) groups excluding carboxylic acids is 3. The summed E-state index contributed by atoms with van der Waals surface area (Å²) in [5.41, 5.74) is 5.53. The van der Waals surface area contributed by atoms with E-state index in [1.54, 1.807) is 21.0 Å². The van der Waals surface area contributed by atoms with Gasteiger partial charge in [0.1, 0.15) is 11.7 Å². The number of hydrogen-bond acceptors (Lipinski definition) is 8. The van der Waals surface area contributed by atoms with Crippen LogP contribution in [0.5, 0.6) is 0 Å². The highest BCUT2D eigenvalue weighted by atomic mass is 32.2. The minimum atomic E-state index is -1.17. The van der Waals surface area contributed by atoms with Crippen LogP contribution in [0.3, 0.4) is 0 Å². The third-order valence-electron chi connectivity index (χ3n) is 6.36. The van der Waals surface area contributed by atoms with Gasteiger partial charge in [0.2, 0.25) is 17.7 Å². The molecule has 3 rings (SSSR count). The van der Waals surface area contributed by atoms with Gasteiger partial charge in [-0.2, -0.15) is 0 Å². The molecule has 32 heavy (non-hydrogen) atoms. The molecule has 0 spiro atoms. The maximum atomic E-state index is 12.9. The van der Waals surface area contributed by atoms with Crippen LogP contribution in [0.15, 0.2) is 10.6 Å². The number of carbonyl (C=O) groups is 4. The van der Waals surface area contributed by atoms with Gasteiger partial charge in [0.05, 0.1) is 24.6 Å². The zero-order valence-electron chi connectivity index (χ0n) is 18.6. The number of nitrogens with one attached hydrogen (secondary N) is 2. The standard InChI is InChI=1S/C20H31N5O6S/c1-8-14-13(9(2)23-17(27)11(21)7-26)19(29)25(14)15(20(30)31)16(8)32-10-5-12(22-6-10)18(28)24(3)4/h8-14,22,26H,5-7,21H2,1-4H3,(H,23,27)(H,30,31)/t8-,9?,10+,11?,12+,13-,14-/m1/s1. The maximum Gasteiger partial charge on any atom is 0.353 e. The molecule has 6 N–H and O–H groups in total. The van der Waals surface area contributed by atoms with E-state index in [4.69, 9.17) is 10.8 Å². The molecular weight excluding hydrogens is 438 g/mol. The summed E-state index contributed by atoms with van der Waals surface area (Å²) < 4.78 is 0. The number of aliphatic hydroxyl groups is 1. The molecule has 2 fully saturated rings. The third kappa shape index (κ3) is 4.24. The lowest BCUT2D eigenvalue weighted by Gasteiger charge is -2.47. The van der Waals surface area contributed by atoms with Crippen LogP contribution >= 0.6 is 11.8 Å². The molecule has 2 unspecified atom stereocenters. The Bertz CT molecular complexity index is 848. The number of rotatable bonds is 8. The van der Waals surface area contributed by atoms with Crippen molar-refractivity contribution < 1.29 is 29.4 Å². The monoisotopic (exact) mass is 469 g/mol. The van der Waals surface area contributed by atoms with Crippen LogP contribution in [-0.2, 0) is 19.2 Å².